The van der Waals surface area contributed by atoms with Crippen molar-refractivity contribution in [3.63, 3.8) is 0 Å². The van der Waals surface area contributed by atoms with Gasteiger partial charge in [0, 0.05) is 6.20 Å². The Bertz CT molecular complexity index is 174. The van der Waals surface area contributed by atoms with E-state index in [1.54, 1.807) is 6.20 Å². The quantitative estimate of drug-likeness (QED) is 0.746. The standard InChI is InChI=1S/C6H4Br2N/c7-6(8)5-3-1-2-4-9-5/h1-4H. The molecule has 1 nitrogen and oxygen atoms in total. The summed E-state index contributed by atoms with van der Waals surface area (Å²) < 4.78 is 0.885. The van der Waals surface area contributed by atoms with Crippen LogP contribution in [0.2, 0.25) is 0 Å². The van der Waals surface area contributed by atoms with Crippen LogP contribution in [0.25, 0.3) is 0 Å². The number of rotatable bonds is 1. The number of hydrogen-bond donors (Lipinski definition) is 0. The molecular weight excluding hydrogens is 246 g/mol. The molecule has 0 aliphatic heterocycles. The van der Waals surface area contributed by atoms with Crippen molar-refractivity contribution in [1.82, 2.24) is 4.98 Å². The third-order valence-electron chi connectivity index (χ3n) is 0.859. The molecule has 0 unspecified atom stereocenters. The van der Waals surface area contributed by atoms with E-state index in [2.05, 4.69) is 36.8 Å². The zero-order valence-corrected chi connectivity index (χ0v) is 7.68. The Kier molecular flexibility index (Phi) is 2.66. The van der Waals surface area contributed by atoms with E-state index < -0.39 is 0 Å². The fourth-order valence-corrected chi connectivity index (χ4v) is 0.944. The van der Waals surface area contributed by atoms with Gasteiger partial charge in [-0.3, -0.25) is 4.98 Å². The second-order valence-electron chi connectivity index (χ2n) is 1.48. The van der Waals surface area contributed by atoms with Crippen LogP contribution >= 0.6 is 31.9 Å². The molecule has 0 atom stereocenters. The van der Waals surface area contributed by atoms with E-state index in [0.29, 0.717) is 0 Å². The van der Waals surface area contributed by atoms with E-state index >= 15 is 0 Å². The molecule has 1 rings (SSSR count). The average molecular weight is 250 g/mol. The summed E-state index contributed by atoms with van der Waals surface area (Å²) in [7, 11) is 0. The van der Waals surface area contributed by atoms with Gasteiger partial charge in [0.15, 0.2) is 3.74 Å². The fraction of sp³-hybridized carbons (Fsp3) is 0. The van der Waals surface area contributed by atoms with E-state index in [-0.39, 0.29) is 0 Å². The lowest BCUT2D eigenvalue weighted by Gasteiger charge is -1.95. The minimum atomic E-state index is 0.885. The minimum Gasteiger partial charge on any atom is -0.259 e. The van der Waals surface area contributed by atoms with Crippen molar-refractivity contribution < 1.29 is 0 Å². The molecule has 0 saturated carbocycles. The van der Waals surface area contributed by atoms with Gasteiger partial charge in [0.25, 0.3) is 0 Å². The third-order valence-corrected chi connectivity index (χ3v) is 1.67. The van der Waals surface area contributed by atoms with Gasteiger partial charge in [-0.1, -0.05) is 37.9 Å². The van der Waals surface area contributed by atoms with Crippen molar-refractivity contribution in [2.75, 3.05) is 0 Å². The summed E-state index contributed by atoms with van der Waals surface area (Å²) in [5.41, 5.74) is 0.914. The molecule has 0 amide bonds. The first-order valence-corrected chi connectivity index (χ1v) is 3.98. The number of pyridine rings is 1. The van der Waals surface area contributed by atoms with Crippen LogP contribution < -0.4 is 0 Å². The van der Waals surface area contributed by atoms with Gasteiger partial charge >= 0.3 is 0 Å². The predicted octanol–water partition coefficient (Wildman–Crippen LogP) is 2.71. The first-order valence-electron chi connectivity index (χ1n) is 2.40. The molecule has 3 heteroatoms. The first-order chi connectivity index (χ1) is 4.30. The van der Waals surface area contributed by atoms with Crippen LogP contribution in [0.5, 0.6) is 0 Å². The molecule has 47 valence electrons. The molecule has 0 spiro atoms. The maximum absolute atomic E-state index is 4.05. The van der Waals surface area contributed by atoms with Crippen LogP contribution in [-0.2, 0) is 0 Å². The fourth-order valence-electron chi connectivity index (χ4n) is 0.475. The highest BCUT2D eigenvalue weighted by Crippen LogP contribution is 2.24. The average Bonchev–Trinajstić information content (AvgIpc) is 1.90. The Labute approximate surface area is 70.8 Å². The summed E-state index contributed by atoms with van der Waals surface area (Å²) in [6.07, 6.45) is 1.75. The van der Waals surface area contributed by atoms with Crippen LogP contribution in [0, 0.1) is 3.74 Å². The summed E-state index contributed by atoms with van der Waals surface area (Å²) in [6, 6.07) is 5.73. The van der Waals surface area contributed by atoms with E-state index in [1.165, 1.54) is 0 Å². The van der Waals surface area contributed by atoms with E-state index in [9.17, 15) is 0 Å². The monoisotopic (exact) mass is 248 g/mol. The lowest BCUT2D eigenvalue weighted by molar-refractivity contribution is 1.25. The van der Waals surface area contributed by atoms with Crippen LogP contribution in [0.1, 0.15) is 5.69 Å². The Morgan fingerprint density at radius 1 is 1.33 bits per heavy atom. The van der Waals surface area contributed by atoms with Crippen molar-refractivity contribution >= 4 is 31.9 Å². The SMILES string of the molecule is Br[C](Br)c1ccccn1. The highest BCUT2D eigenvalue weighted by molar-refractivity contribution is 9.27. The lowest BCUT2D eigenvalue weighted by atomic mass is 10.4. The predicted molar refractivity (Wildman–Crippen MR) is 44.4 cm³/mol. The van der Waals surface area contributed by atoms with Gasteiger partial charge in [-0.15, -0.1) is 0 Å². The molecular formula is C6H4Br2N. The highest BCUT2D eigenvalue weighted by atomic mass is 79.9. The number of nitrogens with zero attached hydrogens (tertiary/aromatic N) is 1. The zero-order chi connectivity index (χ0) is 6.69. The third kappa shape index (κ3) is 2.06. The Balaban J connectivity index is 2.85. The minimum absolute atomic E-state index is 0.885. The largest absolute Gasteiger partial charge is 0.259 e. The normalized spacial score (nSPS) is 10.1. The van der Waals surface area contributed by atoms with Gasteiger partial charge in [0.1, 0.15) is 0 Å². The topological polar surface area (TPSA) is 12.9 Å². The molecule has 0 fully saturated rings. The van der Waals surface area contributed by atoms with Crippen molar-refractivity contribution in [2.24, 2.45) is 0 Å². The van der Waals surface area contributed by atoms with E-state index in [1.807, 2.05) is 18.2 Å². The molecule has 0 saturated heterocycles. The smallest absolute Gasteiger partial charge is 0.153 e. The molecule has 0 aromatic carbocycles. The van der Waals surface area contributed by atoms with Crippen LogP contribution in [0.3, 0.4) is 0 Å². The number of halogens is 2. The second-order valence-corrected chi connectivity index (χ2v) is 4.13. The van der Waals surface area contributed by atoms with Crippen molar-refractivity contribution in [3.8, 4) is 0 Å². The maximum atomic E-state index is 4.05. The van der Waals surface area contributed by atoms with Crippen LogP contribution in [0.15, 0.2) is 24.4 Å². The molecule has 1 aromatic rings. The summed E-state index contributed by atoms with van der Waals surface area (Å²) in [5, 5.41) is 0. The summed E-state index contributed by atoms with van der Waals surface area (Å²) in [5.74, 6) is 0. The molecule has 0 bridgehead atoms. The summed E-state index contributed by atoms with van der Waals surface area (Å²) >= 11 is 6.51. The molecule has 1 heterocycles. The van der Waals surface area contributed by atoms with E-state index in [0.717, 1.165) is 9.43 Å². The van der Waals surface area contributed by atoms with Gasteiger partial charge in [-0.25, -0.2) is 0 Å². The second kappa shape index (κ2) is 3.32. The molecule has 1 aromatic heterocycles. The number of hydrogen-bond acceptors (Lipinski definition) is 1. The van der Waals surface area contributed by atoms with Gasteiger partial charge < -0.3 is 0 Å². The van der Waals surface area contributed by atoms with Gasteiger partial charge in [0.05, 0.1) is 5.69 Å². The van der Waals surface area contributed by atoms with E-state index in [4.69, 9.17) is 0 Å². The van der Waals surface area contributed by atoms with Crippen LogP contribution in [-0.4, -0.2) is 4.98 Å². The molecule has 9 heavy (non-hydrogen) atoms. The molecule has 1 radical (unpaired) electrons. The maximum Gasteiger partial charge on any atom is 0.153 e. The highest BCUT2D eigenvalue weighted by Gasteiger charge is 2.01. The Hall–Kier alpha value is 0.110. The lowest BCUT2D eigenvalue weighted by Crippen LogP contribution is -1.83. The van der Waals surface area contributed by atoms with Crippen molar-refractivity contribution in [3.05, 3.63) is 33.8 Å². The Morgan fingerprint density at radius 3 is 2.44 bits per heavy atom. The van der Waals surface area contributed by atoms with Crippen LogP contribution in [0.4, 0.5) is 0 Å². The Morgan fingerprint density at radius 2 is 2.11 bits per heavy atom. The van der Waals surface area contributed by atoms with Crippen molar-refractivity contribution in [2.45, 2.75) is 0 Å². The molecule has 0 aliphatic carbocycles. The zero-order valence-electron chi connectivity index (χ0n) is 4.51. The first kappa shape index (κ1) is 7.22. The van der Waals surface area contributed by atoms with Gasteiger partial charge in [0.2, 0.25) is 0 Å². The summed E-state index contributed by atoms with van der Waals surface area (Å²) in [4.78, 5) is 4.05. The molecule has 0 N–H and O–H groups in total. The number of aromatic nitrogens is 1. The summed E-state index contributed by atoms with van der Waals surface area (Å²) in [6.45, 7) is 0. The van der Waals surface area contributed by atoms with Gasteiger partial charge in [-0.2, -0.15) is 0 Å². The van der Waals surface area contributed by atoms with Crippen molar-refractivity contribution in [1.29, 1.82) is 0 Å². The molecule has 0 aliphatic rings. The van der Waals surface area contributed by atoms with Gasteiger partial charge in [-0.05, 0) is 12.1 Å².